The minimum atomic E-state index is 0.142. The molecule has 0 spiro atoms. The highest BCUT2D eigenvalue weighted by molar-refractivity contribution is 5.34. The molecule has 0 aliphatic heterocycles. The number of aromatic nitrogens is 2. The molecule has 1 aromatic carbocycles. The highest BCUT2D eigenvalue weighted by Crippen LogP contribution is 2.22. The van der Waals surface area contributed by atoms with E-state index in [0.29, 0.717) is 11.8 Å². The van der Waals surface area contributed by atoms with Crippen molar-refractivity contribution in [3.8, 4) is 17.5 Å². The van der Waals surface area contributed by atoms with Gasteiger partial charge < -0.3 is 15.2 Å². The Bertz CT molecular complexity index is 543. The zero-order chi connectivity index (χ0) is 14.4. The maximum atomic E-state index is 5.90. The van der Waals surface area contributed by atoms with Gasteiger partial charge in [-0.2, -0.15) is 0 Å². The maximum Gasteiger partial charge on any atom is 0.321 e. The molecule has 2 aromatic rings. The highest BCUT2D eigenvalue weighted by Gasteiger charge is 2.05. The lowest BCUT2D eigenvalue weighted by molar-refractivity contribution is 0.404. The second kappa shape index (κ2) is 6.86. The third-order valence-corrected chi connectivity index (χ3v) is 2.95. The normalized spacial score (nSPS) is 11.9. The van der Waals surface area contributed by atoms with Crippen LogP contribution in [-0.2, 0) is 6.42 Å². The quantitative estimate of drug-likeness (QED) is 0.875. The van der Waals surface area contributed by atoms with E-state index in [4.69, 9.17) is 15.2 Å². The molecule has 2 rings (SSSR count). The molecule has 0 aliphatic rings. The summed E-state index contributed by atoms with van der Waals surface area (Å²) in [6.45, 7) is 2.06. The van der Waals surface area contributed by atoms with Crippen LogP contribution >= 0.6 is 0 Å². The highest BCUT2D eigenvalue weighted by atomic mass is 16.5. The van der Waals surface area contributed by atoms with Crippen LogP contribution in [0.25, 0.3) is 0 Å². The first-order valence-corrected chi connectivity index (χ1v) is 6.59. The first-order valence-electron chi connectivity index (χ1n) is 6.59. The number of methoxy groups -OCH3 is 1. The second-order valence-corrected chi connectivity index (χ2v) is 4.53. The average molecular weight is 273 g/mol. The Balaban J connectivity index is 2.02. The number of hydrogen-bond acceptors (Lipinski definition) is 5. The molecule has 106 valence electrons. The summed E-state index contributed by atoms with van der Waals surface area (Å²) in [5.41, 5.74) is 6.91. The smallest absolute Gasteiger partial charge is 0.321 e. The van der Waals surface area contributed by atoms with Crippen molar-refractivity contribution < 1.29 is 9.47 Å². The summed E-state index contributed by atoms with van der Waals surface area (Å²) < 4.78 is 10.7. The van der Waals surface area contributed by atoms with E-state index in [9.17, 15) is 0 Å². The summed E-state index contributed by atoms with van der Waals surface area (Å²) in [6.07, 6.45) is 5.20. The average Bonchev–Trinajstić information content (AvgIpc) is 2.49. The van der Waals surface area contributed by atoms with Crippen LogP contribution in [0.3, 0.4) is 0 Å². The van der Waals surface area contributed by atoms with Crippen LogP contribution in [0.4, 0.5) is 0 Å². The predicted octanol–water partition coefficient (Wildman–Crippen LogP) is 2.56. The van der Waals surface area contributed by atoms with Gasteiger partial charge in [0.2, 0.25) is 0 Å². The lowest BCUT2D eigenvalue weighted by atomic mass is 10.1. The van der Waals surface area contributed by atoms with E-state index in [1.807, 2.05) is 18.2 Å². The topological polar surface area (TPSA) is 70.3 Å². The van der Waals surface area contributed by atoms with E-state index in [-0.39, 0.29) is 6.04 Å². The summed E-state index contributed by atoms with van der Waals surface area (Å²) in [4.78, 5) is 8.37. The van der Waals surface area contributed by atoms with Gasteiger partial charge in [-0.1, -0.05) is 13.0 Å². The molecule has 0 fully saturated rings. The predicted molar refractivity (Wildman–Crippen MR) is 77.1 cm³/mol. The van der Waals surface area contributed by atoms with Crippen LogP contribution in [0.15, 0.2) is 36.7 Å². The number of ether oxygens (including phenoxy) is 2. The summed E-state index contributed by atoms with van der Waals surface area (Å²) in [7, 11) is 1.61. The molecule has 0 radical (unpaired) electrons. The van der Waals surface area contributed by atoms with Crippen molar-refractivity contribution in [1.29, 1.82) is 0 Å². The van der Waals surface area contributed by atoms with Crippen molar-refractivity contribution in [1.82, 2.24) is 9.97 Å². The van der Waals surface area contributed by atoms with Gasteiger partial charge >= 0.3 is 6.01 Å². The molecule has 0 saturated heterocycles. The fraction of sp³-hybridized carbons (Fsp3) is 0.333. The number of hydrogen-bond donors (Lipinski definition) is 1. The molecule has 5 nitrogen and oxygen atoms in total. The minimum absolute atomic E-state index is 0.142. The van der Waals surface area contributed by atoms with Gasteiger partial charge in [-0.15, -0.1) is 0 Å². The zero-order valence-electron chi connectivity index (χ0n) is 11.7. The van der Waals surface area contributed by atoms with Crippen molar-refractivity contribution in [3.63, 3.8) is 0 Å². The number of rotatable bonds is 6. The van der Waals surface area contributed by atoms with Gasteiger partial charge in [0, 0.05) is 24.5 Å². The fourth-order valence-electron chi connectivity index (χ4n) is 1.72. The SMILES string of the molecule is CCC(N)Cc1cnc(Oc2cccc(OC)c2)nc1. The van der Waals surface area contributed by atoms with Gasteiger partial charge in [0.1, 0.15) is 11.5 Å². The van der Waals surface area contributed by atoms with E-state index in [1.54, 1.807) is 25.6 Å². The summed E-state index contributed by atoms with van der Waals surface area (Å²) in [6, 6.07) is 7.76. The number of benzene rings is 1. The molecule has 5 heteroatoms. The number of nitrogens with two attached hydrogens (primary N) is 1. The Labute approximate surface area is 118 Å². The van der Waals surface area contributed by atoms with Crippen molar-refractivity contribution in [2.45, 2.75) is 25.8 Å². The molecular weight excluding hydrogens is 254 g/mol. The Hall–Kier alpha value is -2.14. The summed E-state index contributed by atoms with van der Waals surface area (Å²) in [5, 5.41) is 0. The van der Waals surface area contributed by atoms with Gasteiger partial charge in [-0.05, 0) is 30.5 Å². The molecule has 0 bridgehead atoms. The van der Waals surface area contributed by atoms with Gasteiger partial charge in [-0.3, -0.25) is 0 Å². The molecule has 1 heterocycles. The van der Waals surface area contributed by atoms with E-state index in [0.717, 1.165) is 24.2 Å². The third kappa shape index (κ3) is 3.93. The molecule has 1 atom stereocenters. The fourth-order valence-corrected chi connectivity index (χ4v) is 1.72. The van der Waals surface area contributed by atoms with Crippen LogP contribution in [-0.4, -0.2) is 23.1 Å². The third-order valence-electron chi connectivity index (χ3n) is 2.95. The Kier molecular flexibility index (Phi) is 4.90. The van der Waals surface area contributed by atoms with Crippen molar-refractivity contribution in [2.75, 3.05) is 7.11 Å². The van der Waals surface area contributed by atoms with Crippen molar-refractivity contribution in [2.24, 2.45) is 5.73 Å². The molecule has 1 aromatic heterocycles. The molecule has 0 saturated carbocycles. The van der Waals surface area contributed by atoms with Gasteiger partial charge in [0.05, 0.1) is 7.11 Å². The van der Waals surface area contributed by atoms with Gasteiger partial charge in [-0.25, -0.2) is 9.97 Å². The zero-order valence-corrected chi connectivity index (χ0v) is 11.7. The van der Waals surface area contributed by atoms with E-state index >= 15 is 0 Å². The second-order valence-electron chi connectivity index (χ2n) is 4.53. The van der Waals surface area contributed by atoms with Gasteiger partial charge in [0.15, 0.2) is 0 Å². The standard InChI is InChI=1S/C15H19N3O2/c1-3-12(16)7-11-9-17-15(18-10-11)20-14-6-4-5-13(8-14)19-2/h4-6,8-10,12H,3,7,16H2,1-2H3. The lowest BCUT2D eigenvalue weighted by Crippen LogP contribution is -2.21. The molecule has 0 amide bonds. The summed E-state index contributed by atoms with van der Waals surface area (Å²) >= 11 is 0. The monoisotopic (exact) mass is 273 g/mol. The molecule has 0 aliphatic carbocycles. The van der Waals surface area contributed by atoms with Crippen LogP contribution in [0, 0.1) is 0 Å². The lowest BCUT2D eigenvalue weighted by Gasteiger charge is -2.09. The molecule has 1 unspecified atom stereocenters. The van der Waals surface area contributed by atoms with E-state index in [2.05, 4.69) is 16.9 Å². The van der Waals surface area contributed by atoms with Crippen LogP contribution < -0.4 is 15.2 Å². The van der Waals surface area contributed by atoms with E-state index < -0.39 is 0 Å². The summed E-state index contributed by atoms with van der Waals surface area (Å²) in [5.74, 6) is 1.37. The Morgan fingerprint density at radius 3 is 2.55 bits per heavy atom. The van der Waals surface area contributed by atoms with Crippen LogP contribution in [0.2, 0.25) is 0 Å². The van der Waals surface area contributed by atoms with Crippen LogP contribution in [0.1, 0.15) is 18.9 Å². The van der Waals surface area contributed by atoms with Crippen molar-refractivity contribution >= 4 is 0 Å². The van der Waals surface area contributed by atoms with E-state index in [1.165, 1.54) is 0 Å². The largest absolute Gasteiger partial charge is 0.497 e. The molecular formula is C15H19N3O2. The minimum Gasteiger partial charge on any atom is -0.497 e. The van der Waals surface area contributed by atoms with Crippen molar-refractivity contribution in [3.05, 3.63) is 42.2 Å². The Morgan fingerprint density at radius 2 is 1.90 bits per heavy atom. The molecule has 2 N–H and O–H groups in total. The Morgan fingerprint density at radius 1 is 1.20 bits per heavy atom. The van der Waals surface area contributed by atoms with Crippen LogP contribution in [0.5, 0.6) is 17.5 Å². The molecule has 20 heavy (non-hydrogen) atoms. The number of nitrogens with zero attached hydrogens (tertiary/aromatic N) is 2. The van der Waals surface area contributed by atoms with Gasteiger partial charge in [0.25, 0.3) is 0 Å². The maximum absolute atomic E-state index is 5.90. The first-order chi connectivity index (χ1) is 9.71. The first kappa shape index (κ1) is 14.3.